The lowest BCUT2D eigenvalue weighted by Crippen LogP contribution is -2.40. The van der Waals surface area contributed by atoms with Gasteiger partial charge >= 0.3 is 12.1 Å². The molecule has 1 N–H and O–H groups in total. The van der Waals surface area contributed by atoms with Crippen LogP contribution >= 0.6 is 11.8 Å². The molecule has 1 unspecified atom stereocenters. The molecule has 124 valence electrons. The summed E-state index contributed by atoms with van der Waals surface area (Å²) in [5.74, 6) is -4.40. The molecule has 25 heavy (non-hydrogen) atoms. The van der Waals surface area contributed by atoms with Crippen molar-refractivity contribution in [2.75, 3.05) is 0 Å². The topological polar surface area (TPSA) is 57.4 Å². The Morgan fingerprint density at radius 2 is 2.00 bits per heavy atom. The SMILES string of the molecule is O=C1C(C(=O)C(F)(F)F)=C(O)c2cccc3c2[N+]1=C1C=C2C=C2C1S3. The Morgan fingerprint density at radius 1 is 1.24 bits per heavy atom. The van der Waals surface area contributed by atoms with Crippen molar-refractivity contribution in [2.24, 2.45) is 0 Å². The summed E-state index contributed by atoms with van der Waals surface area (Å²) in [6, 6.07) is 4.72. The Bertz CT molecular complexity index is 1060. The van der Waals surface area contributed by atoms with Gasteiger partial charge in [-0.1, -0.05) is 17.8 Å². The van der Waals surface area contributed by atoms with Crippen LogP contribution in [0, 0.1) is 0 Å². The maximum absolute atomic E-state index is 12.9. The molecule has 5 rings (SSSR count). The molecule has 1 amide bonds. The van der Waals surface area contributed by atoms with E-state index in [2.05, 4.69) is 0 Å². The van der Waals surface area contributed by atoms with Gasteiger partial charge in [0, 0.05) is 6.08 Å². The number of ketones is 1. The van der Waals surface area contributed by atoms with Crippen molar-refractivity contribution in [2.45, 2.75) is 16.3 Å². The number of allylic oxidation sites excluding steroid dienone is 3. The maximum atomic E-state index is 12.9. The highest BCUT2D eigenvalue weighted by atomic mass is 32.2. The number of hydrogen-bond acceptors (Lipinski definition) is 4. The van der Waals surface area contributed by atoms with Crippen molar-refractivity contribution < 1.29 is 32.4 Å². The zero-order valence-corrected chi connectivity index (χ0v) is 13.0. The number of hydrogen-bond donors (Lipinski definition) is 1. The Hall–Kier alpha value is -2.61. The van der Waals surface area contributed by atoms with Gasteiger partial charge in [-0.25, -0.2) is 4.79 Å². The van der Waals surface area contributed by atoms with Crippen LogP contribution in [0.3, 0.4) is 0 Å². The average molecular weight is 362 g/mol. The molecule has 8 heteroatoms. The van der Waals surface area contributed by atoms with Gasteiger partial charge in [-0.2, -0.15) is 13.2 Å². The van der Waals surface area contributed by atoms with E-state index in [-0.39, 0.29) is 10.8 Å². The average Bonchev–Trinajstić information content (AvgIpc) is 3.23. The number of carbonyl (C=O) groups excluding carboxylic acids is 2. The van der Waals surface area contributed by atoms with Gasteiger partial charge < -0.3 is 5.11 Å². The summed E-state index contributed by atoms with van der Waals surface area (Å²) in [4.78, 5) is 25.2. The van der Waals surface area contributed by atoms with Crippen molar-refractivity contribution in [3.8, 4) is 0 Å². The van der Waals surface area contributed by atoms with Crippen molar-refractivity contribution in [3.05, 3.63) is 52.6 Å². The number of Topliss-reactive ketones (excluding diaryl/α,β-unsaturated/α-hetero) is 1. The zero-order chi connectivity index (χ0) is 17.7. The predicted octanol–water partition coefficient (Wildman–Crippen LogP) is 3.07. The van der Waals surface area contributed by atoms with Gasteiger partial charge in [-0.05, 0) is 29.4 Å². The standard InChI is InChI=1S/C17H6F3NO3S/c18-17(19,20)15(23)11-13(22)7-2-1-3-10-12(7)21(16(11)24)9-5-6-4-8(6)14(9)25-10/h1-5,14H/p+1. The third-order valence-corrected chi connectivity index (χ3v) is 5.85. The number of fused-ring (bicyclic) bond motifs is 3. The fourth-order valence-electron chi connectivity index (χ4n) is 3.39. The highest BCUT2D eigenvalue weighted by Gasteiger charge is 2.56. The Labute approximate surface area is 142 Å². The van der Waals surface area contributed by atoms with E-state index in [0.29, 0.717) is 16.3 Å². The molecule has 0 saturated carbocycles. The molecule has 0 aromatic heterocycles. The van der Waals surface area contributed by atoms with Crippen LogP contribution in [-0.4, -0.2) is 38.5 Å². The molecular formula is C17H7F3NO3S+. The highest BCUT2D eigenvalue weighted by Crippen LogP contribution is 2.53. The lowest BCUT2D eigenvalue weighted by Gasteiger charge is -2.24. The summed E-state index contributed by atoms with van der Waals surface area (Å²) in [5.41, 5.74) is 1.67. The maximum Gasteiger partial charge on any atom is 0.455 e. The minimum atomic E-state index is -5.25. The summed E-state index contributed by atoms with van der Waals surface area (Å²) in [6.45, 7) is 0. The van der Waals surface area contributed by atoms with Gasteiger partial charge in [0.05, 0.1) is 10.5 Å². The fourth-order valence-corrected chi connectivity index (χ4v) is 4.74. The minimum Gasteiger partial charge on any atom is -0.506 e. The Kier molecular flexibility index (Phi) is 2.54. The predicted molar refractivity (Wildman–Crippen MR) is 82.8 cm³/mol. The molecule has 0 fully saturated rings. The summed E-state index contributed by atoms with van der Waals surface area (Å²) in [6.07, 6.45) is -1.57. The molecule has 0 spiro atoms. The second-order valence-corrected chi connectivity index (χ2v) is 7.11. The van der Waals surface area contributed by atoms with Crippen LogP contribution in [0.2, 0.25) is 0 Å². The van der Waals surface area contributed by atoms with E-state index in [0.717, 1.165) is 15.7 Å². The van der Waals surface area contributed by atoms with Gasteiger partial charge in [0.2, 0.25) is 11.4 Å². The molecular weight excluding hydrogens is 355 g/mol. The summed E-state index contributed by atoms with van der Waals surface area (Å²) < 4.78 is 39.9. The molecule has 2 aliphatic heterocycles. The Balaban J connectivity index is 1.83. The van der Waals surface area contributed by atoms with Crippen LogP contribution in [-0.2, 0) is 9.59 Å². The Morgan fingerprint density at radius 3 is 2.72 bits per heavy atom. The molecule has 0 bridgehead atoms. The smallest absolute Gasteiger partial charge is 0.455 e. The lowest BCUT2D eigenvalue weighted by molar-refractivity contribution is -0.366. The van der Waals surface area contributed by atoms with Gasteiger partial charge in [-0.3, -0.25) is 4.79 Å². The van der Waals surface area contributed by atoms with E-state index in [1.807, 2.05) is 6.08 Å². The number of carbonyl (C=O) groups is 2. The van der Waals surface area contributed by atoms with Crippen LogP contribution in [0.4, 0.5) is 18.9 Å². The number of nitrogens with zero attached hydrogens (tertiary/aromatic N) is 1. The van der Waals surface area contributed by atoms with Crippen molar-refractivity contribution in [1.29, 1.82) is 0 Å². The molecule has 4 aliphatic rings. The quantitative estimate of drug-likeness (QED) is 0.616. The molecule has 4 nitrogen and oxygen atoms in total. The van der Waals surface area contributed by atoms with Crippen LogP contribution in [0.1, 0.15) is 5.56 Å². The van der Waals surface area contributed by atoms with E-state index < -0.39 is 29.2 Å². The van der Waals surface area contributed by atoms with Crippen molar-refractivity contribution in [3.63, 3.8) is 0 Å². The molecule has 1 aromatic carbocycles. The molecule has 2 aliphatic carbocycles. The number of halogens is 3. The number of alkyl halides is 3. The fraction of sp³-hybridized carbons (Fsp3) is 0.118. The molecule has 2 heterocycles. The van der Waals surface area contributed by atoms with Gasteiger partial charge in [-0.15, -0.1) is 4.58 Å². The van der Waals surface area contributed by atoms with Crippen LogP contribution < -0.4 is 0 Å². The minimum absolute atomic E-state index is 0.0519. The van der Waals surface area contributed by atoms with E-state index in [1.165, 1.54) is 17.8 Å². The molecule has 1 atom stereocenters. The molecule has 1 aromatic rings. The number of thioether (sulfide) groups is 1. The second-order valence-electron chi connectivity index (χ2n) is 5.97. The third kappa shape index (κ3) is 1.77. The largest absolute Gasteiger partial charge is 0.506 e. The normalized spacial score (nSPS) is 23.0. The summed E-state index contributed by atoms with van der Waals surface area (Å²) in [5, 5.41) is 10.1. The number of amides is 1. The first-order valence-corrected chi connectivity index (χ1v) is 8.17. The van der Waals surface area contributed by atoms with Crippen molar-refractivity contribution in [1.82, 2.24) is 0 Å². The number of rotatable bonds is 1. The number of aliphatic hydroxyl groups is 1. The van der Waals surface area contributed by atoms with E-state index in [4.69, 9.17) is 0 Å². The zero-order valence-electron chi connectivity index (χ0n) is 12.2. The third-order valence-electron chi connectivity index (χ3n) is 4.53. The first-order chi connectivity index (χ1) is 11.8. The number of aliphatic hydroxyl groups excluding tert-OH is 1. The summed E-state index contributed by atoms with van der Waals surface area (Å²) in [7, 11) is 0. The first-order valence-electron chi connectivity index (χ1n) is 7.29. The number of para-hydroxylation sites is 1. The molecule has 0 saturated heterocycles. The molecule has 0 radical (unpaired) electrons. The van der Waals surface area contributed by atoms with Crippen LogP contribution in [0.25, 0.3) is 5.76 Å². The van der Waals surface area contributed by atoms with E-state index >= 15 is 0 Å². The van der Waals surface area contributed by atoms with E-state index in [1.54, 1.807) is 18.2 Å². The lowest BCUT2D eigenvalue weighted by atomic mass is 9.96. The van der Waals surface area contributed by atoms with Crippen molar-refractivity contribution >= 4 is 40.6 Å². The summed E-state index contributed by atoms with van der Waals surface area (Å²) >= 11 is 1.47. The highest BCUT2D eigenvalue weighted by molar-refractivity contribution is 8.01. The van der Waals surface area contributed by atoms with E-state index in [9.17, 15) is 27.9 Å². The number of benzene rings is 1. The first kappa shape index (κ1) is 14.7. The monoisotopic (exact) mass is 362 g/mol. The van der Waals surface area contributed by atoms with Gasteiger partial charge in [0.1, 0.15) is 5.25 Å². The van der Waals surface area contributed by atoms with Crippen LogP contribution in [0.15, 0.2) is 52.0 Å². The van der Waals surface area contributed by atoms with Gasteiger partial charge in [0.15, 0.2) is 11.3 Å². The van der Waals surface area contributed by atoms with Crippen LogP contribution in [0.5, 0.6) is 0 Å². The van der Waals surface area contributed by atoms with Gasteiger partial charge in [0.25, 0.3) is 5.78 Å². The second kappa shape index (κ2) is 4.32.